The number of nitrogens with zero attached hydrogens (tertiary/aromatic N) is 1. The summed E-state index contributed by atoms with van der Waals surface area (Å²) in [5.74, 6) is 0.532. The van der Waals surface area contributed by atoms with Gasteiger partial charge in [0, 0.05) is 6.07 Å². The smallest absolute Gasteiger partial charge is 0.241 e. The predicted molar refractivity (Wildman–Crippen MR) is 117 cm³/mol. The van der Waals surface area contributed by atoms with E-state index in [0.29, 0.717) is 30.4 Å². The molecular formula is C22H28N2O5S. The van der Waals surface area contributed by atoms with Gasteiger partial charge in [-0.05, 0) is 43.5 Å². The van der Waals surface area contributed by atoms with Crippen molar-refractivity contribution >= 4 is 21.6 Å². The molecule has 0 saturated carbocycles. The highest BCUT2D eigenvalue weighted by Gasteiger charge is 2.26. The van der Waals surface area contributed by atoms with E-state index in [1.165, 1.54) is 5.56 Å². The normalized spacial score (nSPS) is 14.1. The van der Waals surface area contributed by atoms with Crippen molar-refractivity contribution in [1.82, 2.24) is 5.32 Å². The summed E-state index contributed by atoms with van der Waals surface area (Å²) in [5, 5.41) is 2.89. The molecule has 0 spiro atoms. The first-order valence-corrected chi connectivity index (χ1v) is 11.7. The van der Waals surface area contributed by atoms with Crippen molar-refractivity contribution in [1.29, 1.82) is 0 Å². The van der Waals surface area contributed by atoms with Crippen molar-refractivity contribution in [3.63, 3.8) is 0 Å². The molecule has 0 unspecified atom stereocenters. The average molecular weight is 433 g/mol. The number of benzene rings is 2. The Balaban J connectivity index is 1.77. The second kappa shape index (κ2) is 9.38. The third-order valence-electron chi connectivity index (χ3n) is 5.07. The molecule has 1 atom stereocenters. The van der Waals surface area contributed by atoms with Gasteiger partial charge < -0.3 is 14.8 Å². The largest absolute Gasteiger partial charge is 0.486 e. The zero-order valence-corrected chi connectivity index (χ0v) is 18.4. The fraction of sp³-hybridized carbons (Fsp3) is 0.409. The number of amides is 1. The Labute approximate surface area is 178 Å². The summed E-state index contributed by atoms with van der Waals surface area (Å²) in [6, 6.07) is 12.7. The highest BCUT2D eigenvalue weighted by Crippen LogP contribution is 2.34. The Hall–Kier alpha value is -2.74. The molecule has 162 valence electrons. The Morgan fingerprint density at radius 3 is 2.37 bits per heavy atom. The minimum absolute atomic E-state index is 0.122. The van der Waals surface area contributed by atoms with E-state index < -0.39 is 10.0 Å². The SMILES string of the molecule is CCc1ccc([C@@H](C)NC(=O)CN(c2ccc3c(c2)OCCO3)S(=O)(=O)CC)cc1. The molecule has 3 rings (SSSR count). The second-order valence-electron chi connectivity index (χ2n) is 7.12. The summed E-state index contributed by atoms with van der Waals surface area (Å²) in [7, 11) is -3.67. The second-order valence-corrected chi connectivity index (χ2v) is 9.30. The number of nitrogens with one attached hydrogen (secondary N) is 1. The monoisotopic (exact) mass is 432 g/mol. The minimum Gasteiger partial charge on any atom is -0.486 e. The van der Waals surface area contributed by atoms with Gasteiger partial charge in [0.25, 0.3) is 0 Å². The number of ether oxygens (including phenoxy) is 2. The molecule has 1 aliphatic rings. The van der Waals surface area contributed by atoms with E-state index in [2.05, 4.69) is 12.2 Å². The first-order valence-electron chi connectivity index (χ1n) is 10.1. The molecule has 30 heavy (non-hydrogen) atoms. The molecule has 0 saturated heterocycles. The van der Waals surface area contributed by atoms with Crippen molar-refractivity contribution in [2.75, 3.05) is 29.8 Å². The molecule has 0 bridgehead atoms. The van der Waals surface area contributed by atoms with Gasteiger partial charge in [-0.15, -0.1) is 0 Å². The van der Waals surface area contributed by atoms with Crippen LogP contribution >= 0.6 is 0 Å². The van der Waals surface area contributed by atoms with Gasteiger partial charge in [-0.3, -0.25) is 9.10 Å². The molecule has 2 aromatic carbocycles. The summed E-state index contributed by atoms with van der Waals surface area (Å²) >= 11 is 0. The number of anilines is 1. The minimum atomic E-state index is -3.67. The summed E-state index contributed by atoms with van der Waals surface area (Å²) in [6.45, 7) is 6.04. The lowest BCUT2D eigenvalue weighted by Crippen LogP contribution is -2.42. The van der Waals surface area contributed by atoms with Gasteiger partial charge >= 0.3 is 0 Å². The lowest BCUT2D eigenvalue weighted by Gasteiger charge is -2.26. The molecule has 8 heteroatoms. The predicted octanol–water partition coefficient (Wildman–Crippen LogP) is 3.05. The van der Waals surface area contributed by atoms with Crippen LogP contribution in [0, 0.1) is 0 Å². The van der Waals surface area contributed by atoms with Gasteiger partial charge in [0.15, 0.2) is 11.5 Å². The third kappa shape index (κ3) is 5.05. The van der Waals surface area contributed by atoms with Crippen LogP contribution in [0.1, 0.15) is 37.9 Å². The standard InChI is InChI=1S/C22H28N2O5S/c1-4-17-6-8-18(9-7-17)16(3)23-22(25)15-24(30(26,27)5-2)19-10-11-20-21(14-19)29-13-12-28-20/h6-11,14,16H,4-5,12-13,15H2,1-3H3,(H,23,25)/t16-/m1/s1. The molecule has 0 radical (unpaired) electrons. The Morgan fingerprint density at radius 1 is 1.07 bits per heavy atom. The van der Waals surface area contributed by atoms with Gasteiger partial charge in [0.2, 0.25) is 15.9 Å². The summed E-state index contributed by atoms with van der Waals surface area (Å²) < 4.78 is 37.6. The number of carbonyl (C=O) groups excluding carboxylic acids is 1. The maximum Gasteiger partial charge on any atom is 0.241 e. The van der Waals surface area contributed by atoms with Gasteiger partial charge in [-0.1, -0.05) is 31.2 Å². The van der Waals surface area contributed by atoms with Crippen LogP contribution in [-0.4, -0.2) is 39.8 Å². The van der Waals surface area contributed by atoms with E-state index in [4.69, 9.17) is 9.47 Å². The van der Waals surface area contributed by atoms with Gasteiger partial charge in [-0.2, -0.15) is 0 Å². The van der Waals surface area contributed by atoms with Crippen LogP contribution in [0.25, 0.3) is 0 Å². The molecule has 7 nitrogen and oxygen atoms in total. The van der Waals surface area contributed by atoms with Crippen molar-refractivity contribution in [3.05, 3.63) is 53.6 Å². The topological polar surface area (TPSA) is 84.9 Å². The van der Waals surface area contributed by atoms with E-state index in [0.717, 1.165) is 16.3 Å². The maximum atomic E-state index is 12.7. The zero-order chi connectivity index (χ0) is 21.7. The van der Waals surface area contributed by atoms with Crippen LogP contribution in [0.15, 0.2) is 42.5 Å². The fourth-order valence-electron chi connectivity index (χ4n) is 3.24. The number of hydrogen-bond acceptors (Lipinski definition) is 5. The van der Waals surface area contributed by atoms with Crippen LogP contribution in [0.3, 0.4) is 0 Å². The number of fused-ring (bicyclic) bond motifs is 1. The van der Waals surface area contributed by atoms with E-state index >= 15 is 0 Å². The number of sulfonamides is 1. The number of carbonyl (C=O) groups is 1. The molecule has 0 fully saturated rings. The van der Waals surface area contributed by atoms with Crippen LogP contribution in [0.4, 0.5) is 5.69 Å². The fourth-order valence-corrected chi connectivity index (χ4v) is 4.30. The molecule has 0 aromatic heterocycles. The third-order valence-corrected chi connectivity index (χ3v) is 6.81. The zero-order valence-electron chi connectivity index (χ0n) is 17.6. The van der Waals surface area contributed by atoms with Crippen molar-refractivity contribution < 1.29 is 22.7 Å². The molecule has 1 aliphatic heterocycles. The van der Waals surface area contributed by atoms with Crippen LogP contribution < -0.4 is 19.1 Å². The van der Waals surface area contributed by atoms with E-state index in [1.54, 1.807) is 25.1 Å². The molecular weight excluding hydrogens is 404 g/mol. The van der Waals surface area contributed by atoms with Crippen LogP contribution in [0.5, 0.6) is 11.5 Å². The average Bonchev–Trinajstić information content (AvgIpc) is 2.77. The number of aryl methyl sites for hydroxylation is 1. The molecule has 1 amide bonds. The quantitative estimate of drug-likeness (QED) is 0.693. The first-order chi connectivity index (χ1) is 14.3. The van der Waals surface area contributed by atoms with E-state index in [9.17, 15) is 13.2 Å². The van der Waals surface area contributed by atoms with Crippen molar-refractivity contribution in [2.45, 2.75) is 33.2 Å². The Kier molecular flexibility index (Phi) is 6.87. The molecule has 2 aromatic rings. The first kappa shape index (κ1) is 22.0. The maximum absolute atomic E-state index is 12.7. The molecule has 1 heterocycles. The van der Waals surface area contributed by atoms with Crippen LogP contribution in [0.2, 0.25) is 0 Å². The van der Waals surface area contributed by atoms with E-state index in [1.807, 2.05) is 31.2 Å². The summed E-state index contributed by atoms with van der Waals surface area (Å²) in [4.78, 5) is 12.7. The highest BCUT2D eigenvalue weighted by atomic mass is 32.2. The summed E-state index contributed by atoms with van der Waals surface area (Å²) in [6.07, 6.45) is 0.945. The molecule has 1 N–H and O–H groups in total. The lowest BCUT2D eigenvalue weighted by atomic mass is 10.1. The van der Waals surface area contributed by atoms with Crippen molar-refractivity contribution in [3.8, 4) is 11.5 Å². The number of rotatable bonds is 8. The van der Waals surface area contributed by atoms with Gasteiger partial charge in [0.1, 0.15) is 19.8 Å². The van der Waals surface area contributed by atoms with Crippen LogP contribution in [-0.2, 0) is 21.2 Å². The Bertz CT molecular complexity index is 989. The van der Waals surface area contributed by atoms with Gasteiger partial charge in [-0.25, -0.2) is 8.42 Å². The Morgan fingerprint density at radius 2 is 1.73 bits per heavy atom. The lowest BCUT2D eigenvalue weighted by molar-refractivity contribution is -0.120. The number of hydrogen-bond donors (Lipinski definition) is 1. The summed E-state index contributed by atoms with van der Waals surface area (Å²) in [5.41, 5.74) is 2.55. The van der Waals surface area contributed by atoms with Gasteiger partial charge in [0.05, 0.1) is 17.5 Å². The van der Waals surface area contributed by atoms with Crippen molar-refractivity contribution in [2.24, 2.45) is 0 Å². The van der Waals surface area contributed by atoms with E-state index in [-0.39, 0.29) is 24.2 Å². The molecule has 0 aliphatic carbocycles. The highest BCUT2D eigenvalue weighted by molar-refractivity contribution is 7.92.